The van der Waals surface area contributed by atoms with Crippen molar-refractivity contribution in [2.24, 2.45) is 0 Å². The second-order valence-electron chi connectivity index (χ2n) is 4.86. The Kier molecular flexibility index (Phi) is 3.48. The van der Waals surface area contributed by atoms with Gasteiger partial charge in [-0.05, 0) is 29.2 Å². The number of aryl methyl sites for hydroxylation is 1. The topological polar surface area (TPSA) is 39.4 Å². The Hall–Kier alpha value is -2.55. The van der Waals surface area contributed by atoms with Crippen LogP contribution >= 0.6 is 0 Å². The van der Waals surface area contributed by atoms with E-state index in [1.54, 1.807) is 19.2 Å². The molecule has 0 bridgehead atoms. The van der Waals surface area contributed by atoms with E-state index in [9.17, 15) is 4.79 Å². The number of methoxy groups -OCH3 is 1. The maximum absolute atomic E-state index is 11.8. The third-order valence-electron chi connectivity index (χ3n) is 3.61. The molecule has 0 atom stereocenters. The van der Waals surface area contributed by atoms with Gasteiger partial charge in [-0.2, -0.15) is 0 Å². The quantitative estimate of drug-likeness (QED) is 0.680. The van der Waals surface area contributed by atoms with E-state index in [1.807, 2.05) is 36.4 Å². The highest BCUT2D eigenvalue weighted by molar-refractivity contribution is 5.94. The van der Waals surface area contributed by atoms with E-state index in [-0.39, 0.29) is 5.63 Å². The lowest BCUT2D eigenvalue weighted by Gasteiger charge is -2.11. The normalized spacial score (nSPS) is 10.8. The van der Waals surface area contributed by atoms with Gasteiger partial charge in [0.1, 0.15) is 11.3 Å². The molecule has 3 aromatic rings. The summed E-state index contributed by atoms with van der Waals surface area (Å²) in [6, 6.07) is 15.2. The number of ether oxygens (including phenoxy) is 1. The maximum Gasteiger partial charge on any atom is 0.336 e. The summed E-state index contributed by atoms with van der Waals surface area (Å²) < 4.78 is 10.7. The molecule has 0 aliphatic rings. The Labute approximate surface area is 122 Å². The highest BCUT2D eigenvalue weighted by atomic mass is 16.5. The highest BCUT2D eigenvalue weighted by Gasteiger charge is 2.11. The molecule has 0 amide bonds. The van der Waals surface area contributed by atoms with Crippen molar-refractivity contribution in [1.29, 1.82) is 0 Å². The van der Waals surface area contributed by atoms with Crippen LogP contribution in [-0.4, -0.2) is 7.11 Å². The molecule has 0 spiro atoms. The molecule has 0 radical (unpaired) electrons. The summed E-state index contributed by atoms with van der Waals surface area (Å²) in [5.41, 5.74) is 3.18. The Bertz CT molecular complexity index is 832. The number of hydrogen-bond donors (Lipinski definition) is 0. The zero-order valence-electron chi connectivity index (χ0n) is 12.1. The molecule has 0 N–H and O–H groups in total. The first-order chi connectivity index (χ1) is 10.2. The first kappa shape index (κ1) is 13.4. The molecule has 1 aromatic heterocycles. The van der Waals surface area contributed by atoms with Gasteiger partial charge >= 0.3 is 5.63 Å². The average molecular weight is 280 g/mol. The fourth-order valence-corrected chi connectivity index (χ4v) is 2.56. The van der Waals surface area contributed by atoms with Gasteiger partial charge in [0.2, 0.25) is 0 Å². The first-order valence-corrected chi connectivity index (χ1v) is 6.93. The molecule has 0 aliphatic carbocycles. The molecular formula is C18H16O3. The number of benzene rings is 2. The van der Waals surface area contributed by atoms with Gasteiger partial charge in [-0.15, -0.1) is 0 Å². The summed E-state index contributed by atoms with van der Waals surface area (Å²) in [6.45, 7) is 2.07. The van der Waals surface area contributed by atoms with Crippen LogP contribution in [0.2, 0.25) is 0 Å². The number of rotatable bonds is 3. The molecule has 21 heavy (non-hydrogen) atoms. The maximum atomic E-state index is 11.8. The second-order valence-corrected chi connectivity index (χ2v) is 4.86. The van der Waals surface area contributed by atoms with Crippen LogP contribution in [0.3, 0.4) is 0 Å². The largest absolute Gasteiger partial charge is 0.496 e. The smallest absolute Gasteiger partial charge is 0.336 e. The summed E-state index contributed by atoms with van der Waals surface area (Å²) in [7, 11) is 1.62. The van der Waals surface area contributed by atoms with Crippen molar-refractivity contribution in [3.63, 3.8) is 0 Å². The van der Waals surface area contributed by atoms with Gasteiger partial charge in [-0.25, -0.2) is 4.79 Å². The molecule has 3 nitrogen and oxygen atoms in total. The van der Waals surface area contributed by atoms with Crippen LogP contribution in [-0.2, 0) is 6.42 Å². The third-order valence-corrected chi connectivity index (χ3v) is 3.61. The van der Waals surface area contributed by atoms with Crippen LogP contribution in [0.5, 0.6) is 5.75 Å². The van der Waals surface area contributed by atoms with E-state index in [0.29, 0.717) is 5.58 Å². The summed E-state index contributed by atoms with van der Waals surface area (Å²) in [5, 5.41) is 0.929. The first-order valence-electron chi connectivity index (χ1n) is 6.93. The highest BCUT2D eigenvalue weighted by Crippen LogP contribution is 2.32. The summed E-state index contributed by atoms with van der Waals surface area (Å²) in [6.07, 6.45) is 0.854. The van der Waals surface area contributed by atoms with Crippen LogP contribution in [0, 0.1) is 0 Å². The van der Waals surface area contributed by atoms with Crippen molar-refractivity contribution in [1.82, 2.24) is 0 Å². The zero-order valence-corrected chi connectivity index (χ0v) is 12.1. The molecule has 0 saturated carbocycles. The van der Waals surface area contributed by atoms with Gasteiger partial charge in [0.15, 0.2) is 0 Å². The van der Waals surface area contributed by atoms with Crippen LogP contribution in [0.1, 0.15) is 12.5 Å². The minimum atomic E-state index is -0.354. The van der Waals surface area contributed by atoms with E-state index >= 15 is 0 Å². The van der Waals surface area contributed by atoms with E-state index in [4.69, 9.17) is 9.15 Å². The van der Waals surface area contributed by atoms with Crippen molar-refractivity contribution < 1.29 is 9.15 Å². The van der Waals surface area contributed by atoms with Gasteiger partial charge in [-0.3, -0.25) is 0 Å². The van der Waals surface area contributed by atoms with E-state index in [2.05, 4.69) is 6.92 Å². The predicted molar refractivity (Wildman–Crippen MR) is 83.9 cm³/mol. The van der Waals surface area contributed by atoms with Crippen molar-refractivity contribution >= 4 is 11.0 Å². The average Bonchev–Trinajstić information content (AvgIpc) is 2.53. The van der Waals surface area contributed by atoms with Crippen LogP contribution in [0.4, 0.5) is 0 Å². The molecule has 1 heterocycles. The minimum absolute atomic E-state index is 0.354. The zero-order chi connectivity index (χ0) is 14.8. The SMILES string of the molecule is CCc1cc2c(-c3ccccc3)cc(=O)oc2cc1OC. The molecule has 0 saturated heterocycles. The molecule has 3 rings (SSSR count). The second kappa shape index (κ2) is 5.44. The molecular weight excluding hydrogens is 264 g/mol. The number of fused-ring (bicyclic) bond motifs is 1. The third kappa shape index (κ3) is 2.42. The van der Waals surface area contributed by atoms with Gasteiger partial charge in [0.25, 0.3) is 0 Å². The van der Waals surface area contributed by atoms with Crippen molar-refractivity contribution in [2.45, 2.75) is 13.3 Å². The molecule has 106 valence electrons. The van der Waals surface area contributed by atoms with Gasteiger partial charge < -0.3 is 9.15 Å². The molecule has 2 aromatic carbocycles. The monoisotopic (exact) mass is 280 g/mol. The predicted octanol–water partition coefficient (Wildman–Crippen LogP) is 4.03. The van der Waals surface area contributed by atoms with Crippen LogP contribution in [0.15, 0.2) is 57.7 Å². The Morgan fingerprint density at radius 3 is 2.52 bits per heavy atom. The summed E-state index contributed by atoms with van der Waals surface area (Å²) >= 11 is 0. The van der Waals surface area contributed by atoms with Crippen LogP contribution < -0.4 is 10.4 Å². The standard InChI is InChI=1S/C18H16O3/c1-3-12-9-15-14(13-7-5-4-6-8-13)10-18(19)21-17(15)11-16(12)20-2/h4-11H,3H2,1-2H3. The summed E-state index contributed by atoms with van der Waals surface area (Å²) in [5.74, 6) is 0.748. The van der Waals surface area contributed by atoms with Crippen LogP contribution in [0.25, 0.3) is 22.1 Å². The van der Waals surface area contributed by atoms with Crippen molar-refractivity contribution in [3.8, 4) is 16.9 Å². The van der Waals surface area contributed by atoms with Crippen molar-refractivity contribution in [2.75, 3.05) is 7.11 Å². The van der Waals surface area contributed by atoms with Gasteiger partial charge in [0.05, 0.1) is 7.11 Å². The fraction of sp³-hybridized carbons (Fsp3) is 0.167. The molecule has 0 fully saturated rings. The minimum Gasteiger partial charge on any atom is -0.496 e. The lowest BCUT2D eigenvalue weighted by Crippen LogP contribution is -2.00. The molecule has 0 unspecified atom stereocenters. The lowest BCUT2D eigenvalue weighted by atomic mass is 9.99. The molecule has 3 heteroatoms. The molecule has 0 aliphatic heterocycles. The number of hydrogen-bond acceptors (Lipinski definition) is 3. The Morgan fingerprint density at radius 2 is 1.86 bits per heavy atom. The van der Waals surface area contributed by atoms with Gasteiger partial charge in [0, 0.05) is 17.5 Å². The Balaban J connectivity index is 2.37. The lowest BCUT2D eigenvalue weighted by molar-refractivity contribution is 0.409. The van der Waals surface area contributed by atoms with E-state index in [0.717, 1.165) is 34.2 Å². The van der Waals surface area contributed by atoms with Crippen molar-refractivity contribution in [3.05, 3.63) is 64.5 Å². The van der Waals surface area contributed by atoms with E-state index in [1.165, 1.54) is 0 Å². The van der Waals surface area contributed by atoms with Gasteiger partial charge in [-0.1, -0.05) is 37.3 Å². The summed E-state index contributed by atoms with van der Waals surface area (Å²) in [4.78, 5) is 11.8. The van der Waals surface area contributed by atoms with E-state index < -0.39 is 0 Å². The Morgan fingerprint density at radius 1 is 1.10 bits per heavy atom. The fourth-order valence-electron chi connectivity index (χ4n) is 2.56.